The van der Waals surface area contributed by atoms with Gasteiger partial charge in [-0.25, -0.2) is 4.39 Å². The van der Waals surface area contributed by atoms with Gasteiger partial charge in [0.1, 0.15) is 17.7 Å². The van der Waals surface area contributed by atoms with Gasteiger partial charge in [0.2, 0.25) is 5.91 Å². The number of nitrogens with zero attached hydrogens (tertiary/aromatic N) is 1. The van der Waals surface area contributed by atoms with E-state index in [1.807, 2.05) is 0 Å². The topological polar surface area (TPSA) is 55.6 Å². The average Bonchev–Trinajstić information content (AvgIpc) is 2.42. The minimum absolute atomic E-state index is 0.00651. The normalized spacial score (nSPS) is 19.3. The molecule has 1 aliphatic heterocycles. The zero-order valence-corrected chi connectivity index (χ0v) is 11.2. The Kier molecular flexibility index (Phi) is 4.61. The van der Waals surface area contributed by atoms with Crippen molar-refractivity contribution >= 4 is 17.5 Å². The lowest BCUT2D eigenvalue weighted by atomic mass is 10.1. The van der Waals surface area contributed by atoms with Crippen LogP contribution in [0.1, 0.15) is 12.8 Å². The van der Waals surface area contributed by atoms with Crippen LogP contribution in [0.15, 0.2) is 18.2 Å². The standard InChI is InChI=1S/C13H16ClFN2O2/c14-11-4-3-9(15)6-12(11)19-10-2-1-5-17(8-10)13(18)7-16/h3-4,6,10H,1-2,5,7-8,16H2. The number of nitrogens with two attached hydrogens (primary N) is 1. The van der Waals surface area contributed by atoms with Crippen molar-refractivity contribution < 1.29 is 13.9 Å². The Morgan fingerprint density at radius 3 is 3.11 bits per heavy atom. The summed E-state index contributed by atoms with van der Waals surface area (Å²) < 4.78 is 18.8. The first-order chi connectivity index (χ1) is 9.10. The van der Waals surface area contributed by atoms with Crippen molar-refractivity contribution in [2.45, 2.75) is 18.9 Å². The summed E-state index contributed by atoms with van der Waals surface area (Å²) in [6.45, 7) is 1.14. The van der Waals surface area contributed by atoms with E-state index >= 15 is 0 Å². The number of ether oxygens (including phenoxy) is 1. The van der Waals surface area contributed by atoms with Gasteiger partial charge in [0, 0.05) is 12.6 Å². The van der Waals surface area contributed by atoms with Gasteiger partial charge in [0.15, 0.2) is 0 Å². The Balaban J connectivity index is 2.02. The first-order valence-electron chi connectivity index (χ1n) is 6.19. The van der Waals surface area contributed by atoms with E-state index in [0.29, 0.717) is 23.9 Å². The molecule has 2 N–H and O–H groups in total. The van der Waals surface area contributed by atoms with Crippen molar-refractivity contribution in [3.05, 3.63) is 29.0 Å². The summed E-state index contributed by atoms with van der Waals surface area (Å²) in [4.78, 5) is 13.2. The third-order valence-electron chi connectivity index (χ3n) is 3.09. The molecule has 4 nitrogen and oxygen atoms in total. The number of benzene rings is 1. The number of amides is 1. The fourth-order valence-corrected chi connectivity index (χ4v) is 2.30. The molecule has 1 fully saturated rings. The van der Waals surface area contributed by atoms with Crippen molar-refractivity contribution in [2.75, 3.05) is 19.6 Å². The fourth-order valence-electron chi connectivity index (χ4n) is 2.14. The highest BCUT2D eigenvalue weighted by Crippen LogP contribution is 2.27. The molecule has 1 aromatic carbocycles. The van der Waals surface area contributed by atoms with Gasteiger partial charge >= 0.3 is 0 Å². The van der Waals surface area contributed by atoms with E-state index in [2.05, 4.69) is 0 Å². The van der Waals surface area contributed by atoms with E-state index in [4.69, 9.17) is 22.1 Å². The number of hydrogen-bond donors (Lipinski definition) is 1. The van der Waals surface area contributed by atoms with Crippen LogP contribution in [0.2, 0.25) is 5.02 Å². The predicted octanol–water partition coefficient (Wildman–Crippen LogP) is 1.81. The molecule has 0 spiro atoms. The molecule has 0 radical (unpaired) electrons. The van der Waals surface area contributed by atoms with Gasteiger partial charge in [-0.05, 0) is 25.0 Å². The molecule has 1 aliphatic rings. The van der Waals surface area contributed by atoms with Crippen LogP contribution in [0.25, 0.3) is 0 Å². The molecule has 1 unspecified atom stereocenters. The molecule has 0 bridgehead atoms. The zero-order chi connectivity index (χ0) is 13.8. The van der Waals surface area contributed by atoms with Crippen molar-refractivity contribution in [3.8, 4) is 5.75 Å². The molecule has 1 amide bonds. The fraction of sp³-hybridized carbons (Fsp3) is 0.462. The van der Waals surface area contributed by atoms with Crippen LogP contribution in [-0.2, 0) is 4.79 Å². The predicted molar refractivity (Wildman–Crippen MR) is 70.7 cm³/mol. The van der Waals surface area contributed by atoms with Crippen LogP contribution >= 0.6 is 11.6 Å². The third kappa shape index (κ3) is 3.58. The van der Waals surface area contributed by atoms with E-state index in [1.165, 1.54) is 18.2 Å². The highest BCUT2D eigenvalue weighted by atomic mass is 35.5. The number of rotatable bonds is 3. The van der Waals surface area contributed by atoms with Crippen molar-refractivity contribution in [1.82, 2.24) is 4.90 Å². The molecule has 1 heterocycles. The maximum absolute atomic E-state index is 13.1. The lowest BCUT2D eigenvalue weighted by molar-refractivity contribution is -0.132. The van der Waals surface area contributed by atoms with Gasteiger partial charge in [-0.15, -0.1) is 0 Å². The Labute approximate surface area is 116 Å². The Morgan fingerprint density at radius 1 is 1.58 bits per heavy atom. The summed E-state index contributed by atoms with van der Waals surface area (Å²) in [6.07, 6.45) is 1.47. The lowest BCUT2D eigenvalue weighted by Gasteiger charge is -2.32. The van der Waals surface area contributed by atoms with Gasteiger partial charge < -0.3 is 15.4 Å². The third-order valence-corrected chi connectivity index (χ3v) is 3.40. The SMILES string of the molecule is NCC(=O)N1CCCC(Oc2cc(F)ccc2Cl)C1. The highest BCUT2D eigenvalue weighted by Gasteiger charge is 2.24. The highest BCUT2D eigenvalue weighted by molar-refractivity contribution is 6.32. The van der Waals surface area contributed by atoms with E-state index < -0.39 is 5.82 Å². The molecule has 19 heavy (non-hydrogen) atoms. The largest absolute Gasteiger partial charge is 0.487 e. The zero-order valence-electron chi connectivity index (χ0n) is 10.4. The van der Waals surface area contributed by atoms with Crippen molar-refractivity contribution in [1.29, 1.82) is 0 Å². The molecule has 0 aliphatic carbocycles. The molecule has 6 heteroatoms. The van der Waals surface area contributed by atoms with Crippen LogP contribution in [0.3, 0.4) is 0 Å². The van der Waals surface area contributed by atoms with Gasteiger partial charge in [0.25, 0.3) is 0 Å². The van der Waals surface area contributed by atoms with E-state index in [1.54, 1.807) is 4.90 Å². The van der Waals surface area contributed by atoms with E-state index in [9.17, 15) is 9.18 Å². The summed E-state index contributed by atoms with van der Waals surface area (Å²) in [7, 11) is 0. The molecule has 2 rings (SSSR count). The van der Waals surface area contributed by atoms with Crippen LogP contribution in [0.4, 0.5) is 4.39 Å². The number of halogens is 2. The lowest BCUT2D eigenvalue weighted by Crippen LogP contribution is -2.46. The molecule has 1 atom stereocenters. The summed E-state index contributed by atoms with van der Waals surface area (Å²) in [5.74, 6) is -0.183. The monoisotopic (exact) mass is 286 g/mol. The van der Waals surface area contributed by atoms with Gasteiger partial charge in [-0.2, -0.15) is 0 Å². The second-order valence-corrected chi connectivity index (χ2v) is 4.91. The first-order valence-corrected chi connectivity index (χ1v) is 6.57. The maximum atomic E-state index is 13.1. The number of piperidine rings is 1. The second-order valence-electron chi connectivity index (χ2n) is 4.50. The van der Waals surface area contributed by atoms with Gasteiger partial charge in [-0.3, -0.25) is 4.79 Å². The van der Waals surface area contributed by atoms with Gasteiger partial charge in [-0.1, -0.05) is 11.6 Å². The number of carbonyl (C=O) groups excluding carboxylic acids is 1. The number of carbonyl (C=O) groups is 1. The van der Waals surface area contributed by atoms with Crippen LogP contribution in [-0.4, -0.2) is 36.5 Å². The van der Waals surface area contributed by atoms with E-state index in [-0.39, 0.29) is 18.6 Å². The van der Waals surface area contributed by atoms with Gasteiger partial charge in [0.05, 0.1) is 18.1 Å². The Morgan fingerprint density at radius 2 is 2.37 bits per heavy atom. The van der Waals surface area contributed by atoms with Crippen molar-refractivity contribution in [2.24, 2.45) is 5.73 Å². The minimum atomic E-state index is -0.398. The maximum Gasteiger partial charge on any atom is 0.236 e. The van der Waals surface area contributed by atoms with Crippen molar-refractivity contribution in [3.63, 3.8) is 0 Å². The molecule has 1 saturated heterocycles. The molecule has 0 aromatic heterocycles. The molecular formula is C13H16ClFN2O2. The molecular weight excluding hydrogens is 271 g/mol. The number of likely N-dealkylation sites (tertiary alicyclic amines) is 1. The van der Waals surface area contributed by atoms with Crippen LogP contribution in [0.5, 0.6) is 5.75 Å². The second kappa shape index (κ2) is 6.21. The van der Waals surface area contributed by atoms with Crippen LogP contribution < -0.4 is 10.5 Å². The summed E-state index contributed by atoms with van der Waals surface area (Å²) in [5, 5.41) is 0.365. The summed E-state index contributed by atoms with van der Waals surface area (Å²) in [6, 6.07) is 3.99. The quantitative estimate of drug-likeness (QED) is 0.922. The Hall–Kier alpha value is -1.33. The molecule has 104 valence electrons. The van der Waals surface area contributed by atoms with Crippen LogP contribution in [0, 0.1) is 5.82 Å². The first kappa shape index (κ1) is 14.1. The van der Waals surface area contributed by atoms with E-state index in [0.717, 1.165) is 12.8 Å². The molecule has 1 aromatic rings. The summed E-state index contributed by atoms with van der Waals surface area (Å²) >= 11 is 5.95. The number of hydrogen-bond acceptors (Lipinski definition) is 3. The Bertz CT molecular complexity index is 470. The minimum Gasteiger partial charge on any atom is -0.487 e. The molecule has 0 saturated carbocycles. The average molecular weight is 287 g/mol. The smallest absolute Gasteiger partial charge is 0.236 e. The summed E-state index contributed by atoms with van der Waals surface area (Å²) in [5.41, 5.74) is 5.34.